The fraction of sp³-hybridized carbons (Fsp3) is 1.00. The van der Waals surface area contributed by atoms with Gasteiger partial charge in [0.2, 0.25) is 0 Å². The van der Waals surface area contributed by atoms with Gasteiger partial charge >= 0.3 is 6.18 Å². The maximum Gasteiger partial charge on any atom is 0.391 e. The predicted molar refractivity (Wildman–Crippen MR) is 46.3 cm³/mol. The monoisotopic (exact) mass is 194 g/mol. The van der Waals surface area contributed by atoms with Crippen LogP contribution in [0.5, 0.6) is 0 Å². The first-order valence-corrected chi connectivity index (χ1v) is 4.59. The zero-order valence-electron chi connectivity index (χ0n) is 8.79. The Hall–Kier alpha value is -0.210. The number of hydrogen-bond acceptors (Lipinski definition) is 0. The summed E-state index contributed by atoms with van der Waals surface area (Å²) in [5.74, 6) is -1.42. The molecule has 1 atom stereocenters. The first kappa shape index (κ1) is 10.9. The van der Waals surface area contributed by atoms with E-state index < -0.39 is 12.1 Å². The van der Waals surface area contributed by atoms with Crippen LogP contribution in [0.3, 0.4) is 0 Å². The molecule has 0 bridgehead atoms. The molecular weight excluding hydrogens is 177 g/mol. The SMILES string of the molecule is CC(C1C(C)(C)C1(C)C)C(F)(F)F. The van der Waals surface area contributed by atoms with Crippen molar-refractivity contribution in [2.45, 2.75) is 40.8 Å². The van der Waals surface area contributed by atoms with Crippen LogP contribution in [0.1, 0.15) is 34.6 Å². The Bertz CT molecular complexity index is 199. The summed E-state index contributed by atoms with van der Waals surface area (Å²) in [5, 5.41) is 0. The van der Waals surface area contributed by atoms with Crippen LogP contribution in [0.4, 0.5) is 13.2 Å². The Labute approximate surface area is 77.5 Å². The Kier molecular flexibility index (Phi) is 2.03. The molecule has 0 nitrogen and oxygen atoms in total. The van der Waals surface area contributed by atoms with E-state index in [1.165, 1.54) is 6.92 Å². The normalized spacial score (nSPS) is 28.6. The molecule has 0 saturated heterocycles. The van der Waals surface area contributed by atoms with Gasteiger partial charge in [-0.25, -0.2) is 0 Å². The molecule has 0 heterocycles. The van der Waals surface area contributed by atoms with Gasteiger partial charge in [-0.05, 0) is 16.7 Å². The van der Waals surface area contributed by atoms with E-state index in [-0.39, 0.29) is 16.7 Å². The summed E-state index contributed by atoms with van der Waals surface area (Å²) >= 11 is 0. The van der Waals surface area contributed by atoms with Crippen LogP contribution >= 0.6 is 0 Å². The molecule has 0 aromatic heterocycles. The lowest BCUT2D eigenvalue weighted by Gasteiger charge is -2.17. The van der Waals surface area contributed by atoms with Gasteiger partial charge in [0.25, 0.3) is 0 Å². The maximum atomic E-state index is 12.4. The number of hydrogen-bond donors (Lipinski definition) is 0. The van der Waals surface area contributed by atoms with Gasteiger partial charge in [0.05, 0.1) is 5.92 Å². The van der Waals surface area contributed by atoms with Gasteiger partial charge in [-0.15, -0.1) is 0 Å². The van der Waals surface area contributed by atoms with E-state index in [1.807, 2.05) is 27.7 Å². The lowest BCUT2D eigenvalue weighted by molar-refractivity contribution is -0.178. The van der Waals surface area contributed by atoms with E-state index >= 15 is 0 Å². The minimum Gasteiger partial charge on any atom is -0.171 e. The predicted octanol–water partition coefficient (Wildman–Crippen LogP) is 3.87. The third kappa shape index (κ3) is 1.36. The number of halogens is 3. The van der Waals surface area contributed by atoms with Gasteiger partial charge in [-0.3, -0.25) is 0 Å². The number of alkyl halides is 3. The molecule has 1 aliphatic carbocycles. The molecular formula is C10H17F3. The molecule has 0 spiro atoms. The Morgan fingerprint density at radius 3 is 1.38 bits per heavy atom. The summed E-state index contributed by atoms with van der Waals surface area (Å²) in [6, 6.07) is 0. The van der Waals surface area contributed by atoms with Crippen LogP contribution in [0.25, 0.3) is 0 Å². The minimum absolute atomic E-state index is 0.179. The summed E-state index contributed by atoms with van der Waals surface area (Å²) in [6.07, 6.45) is -4.05. The first-order valence-electron chi connectivity index (χ1n) is 4.59. The molecule has 0 amide bonds. The smallest absolute Gasteiger partial charge is 0.171 e. The molecule has 1 rings (SSSR count). The largest absolute Gasteiger partial charge is 0.391 e. The highest BCUT2D eigenvalue weighted by Crippen LogP contribution is 2.72. The van der Waals surface area contributed by atoms with Crippen molar-refractivity contribution in [3.63, 3.8) is 0 Å². The first-order chi connectivity index (χ1) is 5.53. The third-order valence-electron chi connectivity index (χ3n) is 4.15. The molecule has 1 fully saturated rings. The van der Waals surface area contributed by atoms with Crippen LogP contribution in [0, 0.1) is 22.7 Å². The van der Waals surface area contributed by atoms with Gasteiger partial charge < -0.3 is 0 Å². The maximum absolute atomic E-state index is 12.4. The number of rotatable bonds is 1. The molecule has 0 aliphatic heterocycles. The van der Waals surface area contributed by atoms with Gasteiger partial charge in [0, 0.05) is 0 Å². The topological polar surface area (TPSA) is 0 Å². The molecule has 1 unspecified atom stereocenters. The van der Waals surface area contributed by atoms with E-state index in [4.69, 9.17) is 0 Å². The second kappa shape index (κ2) is 2.43. The molecule has 0 aromatic rings. The molecule has 3 heteroatoms. The average molecular weight is 194 g/mol. The highest BCUT2D eigenvalue weighted by Gasteiger charge is 2.69. The molecule has 13 heavy (non-hydrogen) atoms. The van der Waals surface area contributed by atoms with E-state index in [1.54, 1.807) is 0 Å². The summed E-state index contributed by atoms with van der Waals surface area (Å²) in [5.41, 5.74) is -0.357. The van der Waals surface area contributed by atoms with E-state index in [2.05, 4.69) is 0 Å². The van der Waals surface area contributed by atoms with Crippen LogP contribution in [0.2, 0.25) is 0 Å². The molecule has 0 aromatic carbocycles. The third-order valence-corrected chi connectivity index (χ3v) is 4.15. The Morgan fingerprint density at radius 1 is 1.00 bits per heavy atom. The average Bonchev–Trinajstić information content (AvgIpc) is 2.21. The second-order valence-corrected chi connectivity index (χ2v) is 5.25. The zero-order valence-corrected chi connectivity index (χ0v) is 8.79. The van der Waals surface area contributed by atoms with E-state index in [0.717, 1.165) is 0 Å². The molecule has 78 valence electrons. The van der Waals surface area contributed by atoms with Gasteiger partial charge in [0.15, 0.2) is 0 Å². The molecule has 0 radical (unpaired) electrons. The lowest BCUT2D eigenvalue weighted by Crippen LogP contribution is -2.24. The van der Waals surface area contributed by atoms with Crippen LogP contribution in [-0.4, -0.2) is 6.18 Å². The van der Waals surface area contributed by atoms with Crippen molar-refractivity contribution < 1.29 is 13.2 Å². The van der Waals surface area contributed by atoms with Gasteiger partial charge in [-0.2, -0.15) is 13.2 Å². The highest BCUT2D eigenvalue weighted by molar-refractivity contribution is 5.14. The summed E-state index contributed by atoms with van der Waals surface area (Å²) in [4.78, 5) is 0. The van der Waals surface area contributed by atoms with E-state index in [0.29, 0.717) is 0 Å². The molecule has 1 saturated carbocycles. The fourth-order valence-electron chi connectivity index (χ4n) is 2.69. The standard InChI is InChI=1S/C10H17F3/c1-6(10(11,12)13)7-8(2,3)9(7,4)5/h6-7H,1-5H3. The fourth-order valence-corrected chi connectivity index (χ4v) is 2.69. The van der Waals surface area contributed by atoms with Crippen molar-refractivity contribution in [3.8, 4) is 0 Å². The van der Waals surface area contributed by atoms with Crippen molar-refractivity contribution in [2.75, 3.05) is 0 Å². The van der Waals surface area contributed by atoms with Gasteiger partial charge in [-0.1, -0.05) is 34.6 Å². The van der Waals surface area contributed by atoms with Crippen molar-refractivity contribution >= 4 is 0 Å². The highest BCUT2D eigenvalue weighted by atomic mass is 19.4. The van der Waals surface area contributed by atoms with Crippen molar-refractivity contribution in [1.82, 2.24) is 0 Å². The molecule has 0 N–H and O–H groups in total. The van der Waals surface area contributed by atoms with Crippen molar-refractivity contribution in [2.24, 2.45) is 22.7 Å². The zero-order chi connectivity index (χ0) is 10.7. The van der Waals surface area contributed by atoms with Crippen molar-refractivity contribution in [1.29, 1.82) is 0 Å². The van der Waals surface area contributed by atoms with Crippen molar-refractivity contribution in [3.05, 3.63) is 0 Å². The van der Waals surface area contributed by atoms with E-state index in [9.17, 15) is 13.2 Å². The lowest BCUT2D eigenvalue weighted by atomic mass is 9.98. The Morgan fingerprint density at radius 2 is 1.31 bits per heavy atom. The summed E-state index contributed by atoms with van der Waals surface area (Å²) < 4.78 is 37.3. The van der Waals surface area contributed by atoms with Crippen LogP contribution in [0.15, 0.2) is 0 Å². The van der Waals surface area contributed by atoms with Gasteiger partial charge in [0.1, 0.15) is 0 Å². The van der Waals surface area contributed by atoms with Crippen LogP contribution < -0.4 is 0 Å². The molecule has 1 aliphatic rings. The quantitative estimate of drug-likeness (QED) is 0.594. The summed E-state index contributed by atoms with van der Waals surface area (Å²) in [7, 11) is 0. The second-order valence-electron chi connectivity index (χ2n) is 5.25. The Balaban J connectivity index is 2.80. The summed E-state index contributed by atoms with van der Waals surface area (Å²) in [6.45, 7) is 8.96. The minimum atomic E-state index is -4.05. The van der Waals surface area contributed by atoms with Crippen LogP contribution in [-0.2, 0) is 0 Å².